The van der Waals surface area contributed by atoms with Crippen molar-refractivity contribution in [2.75, 3.05) is 6.54 Å². The molecule has 3 rings (SSSR count). The van der Waals surface area contributed by atoms with Gasteiger partial charge in [0.2, 0.25) is 17.7 Å². The van der Waals surface area contributed by atoms with E-state index >= 15 is 0 Å². The van der Waals surface area contributed by atoms with E-state index in [2.05, 4.69) is 21.3 Å². The van der Waals surface area contributed by atoms with E-state index in [9.17, 15) is 32.8 Å². The maximum absolute atomic E-state index is 13.0. The first-order valence-electron chi connectivity index (χ1n) is 11.8. The summed E-state index contributed by atoms with van der Waals surface area (Å²) in [6.45, 7) is 3.59. The number of amides is 3. The van der Waals surface area contributed by atoms with Gasteiger partial charge in [0.15, 0.2) is 0 Å². The van der Waals surface area contributed by atoms with Crippen molar-refractivity contribution in [3.8, 4) is 6.07 Å². The smallest absolute Gasteiger partial charge is 0.350 e. The summed E-state index contributed by atoms with van der Waals surface area (Å²) in [5.74, 6) is -1.49. The van der Waals surface area contributed by atoms with Gasteiger partial charge >= 0.3 is 6.18 Å². The quantitative estimate of drug-likeness (QED) is 0.376. The lowest BCUT2D eigenvalue weighted by Gasteiger charge is -2.32. The lowest BCUT2D eigenvalue weighted by molar-refractivity contribution is -0.137. The molecule has 8 nitrogen and oxygen atoms in total. The highest BCUT2D eigenvalue weighted by molar-refractivity contribution is 5.90. The van der Waals surface area contributed by atoms with Crippen LogP contribution in [0.4, 0.5) is 13.2 Å². The van der Waals surface area contributed by atoms with Gasteiger partial charge in [0, 0.05) is 11.5 Å². The molecule has 0 radical (unpaired) electrons. The second kappa shape index (κ2) is 9.72. The minimum atomic E-state index is -4.49. The fraction of sp³-hybridized carbons (Fsp3) is 0.826. The van der Waals surface area contributed by atoms with E-state index < -0.39 is 48.1 Å². The van der Waals surface area contributed by atoms with Gasteiger partial charge in [0.05, 0.1) is 18.7 Å². The minimum Gasteiger partial charge on any atom is -0.350 e. The summed E-state index contributed by atoms with van der Waals surface area (Å²) < 4.78 is 38.3. The van der Waals surface area contributed by atoms with Crippen molar-refractivity contribution in [2.45, 2.75) is 95.6 Å². The Kier molecular flexibility index (Phi) is 7.51. The third-order valence-electron chi connectivity index (χ3n) is 6.78. The lowest BCUT2D eigenvalue weighted by Crippen LogP contribution is -2.58. The average molecular weight is 486 g/mol. The van der Waals surface area contributed by atoms with E-state index in [1.807, 2.05) is 6.07 Å². The van der Waals surface area contributed by atoms with Crippen LogP contribution in [-0.4, -0.2) is 54.1 Å². The van der Waals surface area contributed by atoms with Crippen molar-refractivity contribution in [1.82, 2.24) is 21.3 Å². The molecular weight excluding hydrogens is 451 g/mol. The zero-order valence-corrected chi connectivity index (χ0v) is 19.8. The summed E-state index contributed by atoms with van der Waals surface area (Å²) >= 11 is 0. The zero-order chi connectivity index (χ0) is 25.3. The van der Waals surface area contributed by atoms with Crippen LogP contribution in [0.3, 0.4) is 0 Å². The molecule has 3 aliphatic rings. The Labute approximate surface area is 197 Å². The maximum Gasteiger partial charge on any atom is 0.401 e. The standard InChI is InChI=1S/C23H34F3N5O3/c1-21(2,3)17(28-12-23(24,25)26)20(34)30-16(8-13-4-5-13)19(33)29-15(11-27)9-14-10-22(6-7-22)31-18(14)32/h13-17,28H,4-10,12H2,1-3H3,(H,29,33)(H,30,34)(H,31,32). The monoisotopic (exact) mass is 485 g/mol. The highest BCUT2D eigenvalue weighted by Gasteiger charge is 2.52. The second-order valence-corrected chi connectivity index (χ2v) is 11.1. The van der Waals surface area contributed by atoms with Crippen molar-refractivity contribution in [2.24, 2.45) is 17.3 Å². The number of nitrogens with one attached hydrogen (secondary N) is 4. The predicted molar refractivity (Wildman–Crippen MR) is 117 cm³/mol. The number of hydrogen-bond donors (Lipinski definition) is 4. The Morgan fingerprint density at radius 2 is 1.79 bits per heavy atom. The second-order valence-electron chi connectivity index (χ2n) is 11.1. The highest BCUT2D eigenvalue weighted by Crippen LogP contribution is 2.46. The molecule has 190 valence electrons. The van der Waals surface area contributed by atoms with Gasteiger partial charge in [-0.3, -0.25) is 19.7 Å². The third-order valence-corrected chi connectivity index (χ3v) is 6.78. The Morgan fingerprint density at radius 3 is 2.26 bits per heavy atom. The number of carbonyl (C=O) groups is 3. The largest absolute Gasteiger partial charge is 0.401 e. The van der Waals surface area contributed by atoms with Gasteiger partial charge in [-0.25, -0.2) is 0 Å². The van der Waals surface area contributed by atoms with Crippen LogP contribution in [-0.2, 0) is 14.4 Å². The maximum atomic E-state index is 13.0. The molecule has 1 aliphatic heterocycles. The SMILES string of the molecule is CC(C)(C)C(NCC(F)(F)F)C(=O)NC(CC1CC1)C(=O)NC(C#N)CC1CC2(CC2)NC1=O. The van der Waals surface area contributed by atoms with Gasteiger partial charge in [-0.2, -0.15) is 18.4 Å². The van der Waals surface area contributed by atoms with Crippen LogP contribution in [0.15, 0.2) is 0 Å². The van der Waals surface area contributed by atoms with Crippen molar-refractivity contribution in [3.05, 3.63) is 0 Å². The number of carbonyl (C=O) groups excluding carboxylic acids is 3. The van der Waals surface area contributed by atoms with Crippen molar-refractivity contribution in [1.29, 1.82) is 5.26 Å². The Hall–Kier alpha value is -2.35. The minimum absolute atomic E-state index is 0.112. The molecule has 1 saturated heterocycles. The molecule has 2 aliphatic carbocycles. The van der Waals surface area contributed by atoms with Gasteiger partial charge < -0.3 is 16.0 Å². The molecule has 0 aromatic heterocycles. The molecule has 0 bridgehead atoms. The van der Waals surface area contributed by atoms with Crippen molar-refractivity contribution >= 4 is 17.7 Å². The van der Waals surface area contributed by atoms with E-state index in [0.29, 0.717) is 12.8 Å². The molecule has 4 N–H and O–H groups in total. The topological polar surface area (TPSA) is 123 Å². The molecule has 34 heavy (non-hydrogen) atoms. The summed E-state index contributed by atoms with van der Waals surface area (Å²) in [4.78, 5) is 38.2. The van der Waals surface area contributed by atoms with E-state index in [0.717, 1.165) is 25.7 Å². The van der Waals surface area contributed by atoms with Crippen LogP contribution >= 0.6 is 0 Å². The van der Waals surface area contributed by atoms with Crippen LogP contribution in [0.25, 0.3) is 0 Å². The number of nitriles is 1. The summed E-state index contributed by atoms with van der Waals surface area (Å²) in [5.41, 5.74) is -0.973. The fourth-order valence-electron chi connectivity index (χ4n) is 4.53. The molecule has 0 aromatic rings. The normalized spacial score (nSPS) is 24.0. The first kappa shape index (κ1) is 26.3. The number of alkyl halides is 3. The predicted octanol–water partition coefficient (Wildman–Crippen LogP) is 1.91. The van der Waals surface area contributed by atoms with Crippen LogP contribution in [0.5, 0.6) is 0 Å². The molecule has 3 amide bonds. The number of rotatable bonds is 10. The molecule has 1 spiro atoms. The fourth-order valence-corrected chi connectivity index (χ4v) is 4.53. The molecular formula is C23H34F3N5O3. The summed E-state index contributed by atoms with van der Waals surface area (Å²) in [6.07, 6.45) is 0.329. The van der Waals surface area contributed by atoms with Gasteiger partial charge in [0.25, 0.3) is 0 Å². The Morgan fingerprint density at radius 1 is 1.15 bits per heavy atom. The summed E-state index contributed by atoms with van der Waals surface area (Å²) in [6, 6.07) is -1.02. The number of hydrogen-bond acceptors (Lipinski definition) is 5. The molecule has 2 saturated carbocycles. The van der Waals surface area contributed by atoms with E-state index in [1.165, 1.54) is 0 Å². The average Bonchev–Trinajstić information content (AvgIpc) is 3.61. The van der Waals surface area contributed by atoms with Crippen LogP contribution < -0.4 is 21.3 Å². The van der Waals surface area contributed by atoms with E-state index in [-0.39, 0.29) is 29.7 Å². The third kappa shape index (κ3) is 7.32. The molecule has 11 heteroatoms. The zero-order valence-electron chi connectivity index (χ0n) is 19.8. The molecule has 4 atom stereocenters. The van der Waals surface area contributed by atoms with Gasteiger partial charge in [0.1, 0.15) is 12.1 Å². The van der Waals surface area contributed by atoms with Gasteiger partial charge in [-0.05, 0) is 43.4 Å². The van der Waals surface area contributed by atoms with Crippen LogP contribution in [0, 0.1) is 28.6 Å². The van der Waals surface area contributed by atoms with Crippen LogP contribution in [0.2, 0.25) is 0 Å². The molecule has 4 unspecified atom stereocenters. The number of nitrogens with zero attached hydrogens (tertiary/aromatic N) is 1. The van der Waals surface area contributed by atoms with E-state index in [1.54, 1.807) is 20.8 Å². The van der Waals surface area contributed by atoms with Crippen molar-refractivity contribution in [3.63, 3.8) is 0 Å². The van der Waals surface area contributed by atoms with Gasteiger partial charge in [-0.1, -0.05) is 33.6 Å². The van der Waals surface area contributed by atoms with Crippen molar-refractivity contribution < 1.29 is 27.6 Å². The summed E-state index contributed by atoms with van der Waals surface area (Å²) in [7, 11) is 0. The van der Waals surface area contributed by atoms with Gasteiger partial charge in [-0.15, -0.1) is 0 Å². The van der Waals surface area contributed by atoms with E-state index in [4.69, 9.17) is 0 Å². The number of halogens is 3. The first-order valence-corrected chi connectivity index (χ1v) is 11.8. The lowest BCUT2D eigenvalue weighted by atomic mass is 9.85. The summed E-state index contributed by atoms with van der Waals surface area (Å²) in [5, 5.41) is 20.1. The van der Waals surface area contributed by atoms with Crippen LogP contribution in [0.1, 0.15) is 65.7 Å². The molecule has 1 heterocycles. The highest BCUT2D eigenvalue weighted by atomic mass is 19.4. The molecule has 0 aromatic carbocycles. The molecule has 3 fully saturated rings. The Bertz CT molecular complexity index is 840. The Balaban J connectivity index is 1.62. The first-order chi connectivity index (χ1) is 15.7.